The molecule has 0 bridgehead atoms. The van der Waals surface area contributed by atoms with Gasteiger partial charge in [0, 0.05) is 18.6 Å². The molecule has 0 radical (unpaired) electrons. The van der Waals surface area contributed by atoms with Crippen molar-refractivity contribution in [3.63, 3.8) is 0 Å². The molecule has 1 saturated carbocycles. The molecule has 1 aliphatic carbocycles. The lowest BCUT2D eigenvalue weighted by Crippen LogP contribution is -2.36. The first-order valence-electron chi connectivity index (χ1n) is 6.71. The van der Waals surface area contributed by atoms with E-state index in [4.69, 9.17) is 16.7 Å². The second kappa shape index (κ2) is 6.27. The maximum atomic E-state index is 12.4. The fraction of sp³-hybridized carbons (Fsp3) is 0.467. The van der Waals surface area contributed by atoms with Crippen LogP contribution in [-0.4, -0.2) is 28.9 Å². The summed E-state index contributed by atoms with van der Waals surface area (Å²) in [5.41, 5.74) is 0.982. The highest BCUT2D eigenvalue weighted by molar-refractivity contribution is 6.30. The first kappa shape index (κ1) is 14.9. The lowest BCUT2D eigenvalue weighted by Gasteiger charge is -2.23. The van der Waals surface area contributed by atoms with Crippen molar-refractivity contribution in [2.75, 3.05) is 7.05 Å². The Morgan fingerprint density at radius 2 is 1.85 bits per heavy atom. The van der Waals surface area contributed by atoms with Crippen molar-refractivity contribution in [3.05, 3.63) is 34.9 Å². The lowest BCUT2D eigenvalue weighted by atomic mass is 9.95. The first-order chi connectivity index (χ1) is 9.49. The number of carboxylic acids is 1. The Kier molecular flexibility index (Phi) is 4.65. The van der Waals surface area contributed by atoms with E-state index in [1.54, 1.807) is 24.1 Å². The van der Waals surface area contributed by atoms with E-state index in [1.807, 2.05) is 12.1 Å². The second-order valence-electron chi connectivity index (χ2n) is 5.30. The Morgan fingerprint density at radius 1 is 1.25 bits per heavy atom. The zero-order valence-electron chi connectivity index (χ0n) is 11.4. The second-order valence-corrected chi connectivity index (χ2v) is 5.74. The van der Waals surface area contributed by atoms with Gasteiger partial charge in [-0.1, -0.05) is 30.2 Å². The van der Waals surface area contributed by atoms with E-state index in [9.17, 15) is 9.59 Å². The van der Waals surface area contributed by atoms with Crippen LogP contribution in [0.15, 0.2) is 24.3 Å². The summed E-state index contributed by atoms with van der Waals surface area (Å²) in [6, 6.07) is 7.31. The molecule has 108 valence electrons. The summed E-state index contributed by atoms with van der Waals surface area (Å²) < 4.78 is 0. The molecule has 4 nitrogen and oxygen atoms in total. The molecule has 5 heteroatoms. The van der Waals surface area contributed by atoms with Gasteiger partial charge in [0.2, 0.25) is 5.91 Å². The third-order valence-corrected chi connectivity index (χ3v) is 4.11. The van der Waals surface area contributed by atoms with Gasteiger partial charge in [0.05, 0.1) is 11.8 Å². The summed E-state index contributed by atoms with van der Waals surface area (Å²) in [5, 5.41) is 9.81. The van der Waals surface area contributed by atoms with Crippen molar-refractivity contribution >= 4 is 23.5 Å². The van der Waals surface area contributed by atoms with Gasteiger partial charge < -0.3 is 10.0 Å². The lowest BCUT2D eigenvalue weighted by molar-refractivity contribution is -0.148. The van der Waals surface area contributed by atoms with Crippen molar-refractivity contribution in [3.8, 4) is 0 Å². The summed E-state index contributed by atoms with van der Waals surface area (Å²) in [6.07, 6.45) is 2.07. The molecular formula is C15H18ClNO3. The molecule has 0 heterocycles. The van der Waals surface area contributed by atoms with Crippen LogP contribution in [0.1, 0.15) is 24.8 Å². The number of carboxylic acid groups (broad SMARTS) is 1. The molecule has 1 aliphatic rings. The fourth-order valence-electron chi connectivity index (χ4n) is 2.78. The summed E-state index contributed by atoms with van der Waals surface area (Å²) in [4.78, 5) is 25.1. The summed E-state index contributed by atoms with van der Waals surface area (Å²) in [6.45, 7) is 0.471. The molecular weight excluding hydrogens is 278 g/mol. The number of nitrogens with zero attached hydrogens (tertiary/aromatic N) is 1. The minimum atomic E-state index is -0.860. The average Bonchev–Trinajstić information content (AvgIpc) is 2.90. The number of carbonyl (C=O) groups is 2. The van der Waals surface area contributed by atoms with Gasteiger partial charge in [-0.05, 0) is 30.5 Å². The number of halogens is 1. The van der Waals surface area contributed by atoms with Crippen molar-refractivity contribution in [1.29, 1.82) is 0 Å². The van der Waals surface area contributed by atoms with E-state index < -0.39 is 11.9 Å². The zero-order valence-corrected chi connectivity index (χ0v) is 12.1. The summed E-state index contributed by atoms with van der Waals surface area (Å²) >= 11 is 5.82. The average molecular weight is 296 g/mol. The van der Waals surface area contributed by atoms with E-state index in [0.29, 0.717) is 24.4 Å². The topological polar surface area (TPSA) is 57.6 Å². The van der Waals surface area contributed by atoms with E-state index in [1.165, 1.54) is 0 Å². The molecule has 1 aromatic carbocycles. The van der Waals surface area contributed by atoms with Gasteiger partial charge in [0.15, 0.2) is 0 Å². The zero-order chi connectivity index (χ0) is 14.7. The molecule has 2 rings (SSSR count). The predicted molar refractivity (Wildman–Crippen MR) is 76.4 cm³/mol. The van der Waals surface area contributed by atoms with Crippen LogP contribution in [0.2, 0.25) is 5.02 Å². The van der Waals surface area contributed by atoms with Crippen molar-refractivity contribution in [1.82, 2.24) is 4.90 Å². The smallest absolute Gasteiger partial charge is 0.307 e. The van der Waals surface area contributed by atoms with Gasteiger partial charge in [-0.2, -0.15) is 0 Å². The van der Waals surface area contributed by atoms with E-state index in [2.05, 4.69) is 0 Å². The largest absolute Gasteiger partial charge is 0.481 e. The number of amides is 1. The molecule has 2 atom stereocenters. The molecule has 0 aromatic heterocycles. The number of rotatable bonds is 4. The van der Waals surface area contributed by atoms with Crippen LogP contribution >= 0.6 is 11.6 Å². The first-order valence-corrected chi connectivity index (χ1v) is 7.09. The number of aliphatic carboxylic acids is 1. The van der Waals surface area contributed by atoms with Crippen LogP contribution in [0, 0.1) is 11.8 Å². The van der Waals surface area contributed by atoms with Crippen LogP contribution in [0.4, 0.5) is 0 Å². The van der Waals surface area contributed by atoms with E-state index >= 15 is 0 Å². The Balaban J connectivity index is 2.01. The fourth-order valence-corrected chi connectivity index (χ4v) is 2.90. The molecule has 0 unspecified atom stereocenters. The van der Waals surface area contributed by atoms with Crippen LogP contribution in [0.25, 0.3) is 0 Å². The summed E-state index contributed by atoms with van der Waals surface area (Å²) in [5.74, 6) is -1.86. The highest BCUT2D eigenvalue weighted by Gasteiger charge is 2.38. The molecule has 20 heavy (non-hydrogen) atoms. The third kappa shape index (κ3) is 3.31. The molecule has 0 aliphatic heterocycles. The number of benzene rings is 1. The molecule has 1 N–H and O–H groups in total. The summed E-state index contributed by atoms with van der Waals surface area (Å²) in [7, 11) is 1.72. The monoisotopic (exact) mass is 295 g/mol. The highest BCUT2D eigenvalue weighted by atomic mass is 35.5. The van der Waals surface area contributed by atoms with Gasteiger partial charge in [0.25, 0.3) is 0 Å². The number of hydrogen-bond acceptors (Lipinski definition) is 2. The van der Waals surface area contributed by atoms with Crippen molar-refractivity contribution < 1.29 is 14.7 Å². The van der Waals surface area contributed by atoms with Crippen molar-refractivity contribution in [2.45, 2.75) is 25.8 Å². The van der Waals surface area contributed by atoms with Crippen LogP contribution < -0.4 is 0 Å². The SMILES string of the molecule is CN(Cc1ccc(Cl)cc1)C(=O)[C@@H]1CCC[C@@H]1C(=O)O. The van der Waals surface area contributed by atoms with Gasteiger partial charge >= 0.3 is 5.97 Å². The third-order valence-electron chi connectivity index (χ3n) is 3.86. The van der Waals surface area contributed by atoms with Crippen LogP contribution in [-0.2, 0) is 16.1 Å². The van der Waals surface area contributed by atoms with Gasteiger partial charge in [-0.15, -0.1) is 0 Å². The van der Waals surface area contributed by atoms with Crippen LogP contribution in [0.3, 0.4) is 0 Å². The number of carbonyl (C=O) groups excluding carboxylic acids is 1. The Morgan fingerprint density at radius 3 is 2.45 bits per heavy atom. The normalized spacial score (nSPS) is 21.7. The predicted octanol–water partition coefficient (Wildman–Crippen LogP) is 2.80. The molecule has 1 aromatic rings. The Hall–Kier alpha value is -1.55. The van der Waals surface area contributed by atoms with E-state index in [0.717, 1.165) is 12.0 Å². The highest BCUT2D eigenvalue weighted by Crippen LogP contribution is 2.33. The van der Waals surface area contributed by atoms with Crippen molar-refractivity contribution in [2.24, 2.45) is 11.8 Å². The molecule has 0 spiro atoms. The molecule has 1 amide bonds. The van der Waals surface area contributed by atoms with Gasteiger partial charge in [0.1, 0.15) is 0 Å². The quantitative estimate of drug-likeness (QED) is 0.929. The maximum Gasteiger partial charge on any atom is 0.307 e. The van der Waals surface area contributed by atoms with E-state index in [-0.39, 0.29) is 11.8 Å². The standard InChI is InChI=1S/C15H18ClNO3/c1-17(9-10-5-7-11(16)8-6-10)14(18)12-3-2-4-13(12)15(19)20/h5-8,12-13H,2-4,9H2,1H3,(H,19,20)/t12-,13+/m1/s1. The minimum absolute atomic E-state index is 0.0788. The van der Waals surface area contributed by atoms with Crippen LogP contribution in [0.5, 0.6) is 0 Å². The minimum Gasteiger partial charge on any atom is -0.481 e. The van der Waals surface area contributed by atoms with Gasteiger partial charge in [-0.3, -0.25) is 9.59 Å². The Bertz CT molecular complexity index is 500. The molecule has 0 saturated heterocycles. The number of hydrogen-bond donors (Lipinski definition) is 1. The maximum absolute atomic E-state index is 12.4. The molecule has 1 fully saturated rings. The Labute approximate surface area is 123 Å². The van der Waals surface area contributed by atoms with Gasteiger partial charge in [-0.25, -0.2) is 0 Å².